The topological polar surface area (TPSA) is 49.4 Å². The van der Waals surface area contributed by atoms with Gasteiger partial charge in [0.2, 0.25) is 11.6 Å². The van der Waals surface area contributed by atoms with Crippen molar-refractivity contribution in [3.8, 4) is 28.2 Å². The van der Waals surface area contributed by atoms with E-state index in [0.29, 0.717) is 0 Å². The van der Waals surface area contributed by atoms with Crippen LogP contribution in [0.5, 0.6) is 0 Å². The van der Waals surface area contributed by atoms with Crippen LogP contribution in [0.4, 0.5) is 0 Å². The fraction of sp³-hybridized carbons (Fsp3) is 0. The Labute approximate surface area is 345 Å². The van der Waals surface area contributed by atoms with E-state index in [1.54, 1.807) is 0 Å². The van der Waals surface area contributed by atoms with E-state index in [-0.39, 0.29) is 21.1 Å². The summed E-state index contributed by atoms with van der Waals surface area (Å²) in [7, 11) is 0. The maximum absolute atomic E-state index is 5.21. The predicted molar refractivity (Wildman–Crippen MR) is 230 cm³/mol. The molecule has 8 heteroatoms. The zero-order chi connectivity index (χ0) is 37.2. The van der Waals surface area contributed by atoms with Gasteiger partial charge in [-0.15, -0.1) is 41.3 Å². The van der Waals surface area contributed by atoms with Crippen molar-refractivity contribution in [1.82, 2.24) is 32.5 Å². The van der Waals surface area contributed by atoms with Gasteiger partial charge in [0, 0.05) is 5.52 Å². The monoisotopic (exact) mass is 922 g/mol. The smallest absolute Gasteiger partial charge is 0.358 e. The first-order valence-electron chi connectivity index (χ1n) is 19.1. The van der Waals surface area contributed by atoms with Crippen LogP contribution in [0, 0.1) is 12.1 Å². The minimum atomic E-state index is 0. The van der Waals surface area contributed by atoms with Crippen molar-refractivity contribution in [2.45, 2.75) is 0 Å². The number of para-hydroxylation sites is 9. The zero-order valence-electron chi connectivity index (χ0n) is 30.7. The van der Waals surface area contributed by atoms with Gasteiger partial charge in [-0.05, 0) is 65.5 Å². The van der Waals surface area contributed by atoms with E-state index in [1.165, 1.54) is 0 Å². The number of nitrogens with zero attached hydrogens (tertiary/aromatic N) is 7. The summed E-state index contributed by atoms with van der Waals surface area (Å²) >= 11 is 0. The molecule has 0 aliphatic heterocycles. The minimum absolute atomic E-state index is 0. The number of aromatic nitrogens is 7. The SMILES string of the molecule is [Pt+2].[c-]1c(-n2c3[c-]c(-n4c5ccccc5n5c6ccccc6nc45)ccc3c3ccccc32)cc(-c2ccccc2)cc1-n1c2ccccc2n2c3ccccc3nc12. The number of hydrogen-bond acceptors (Lipinski definition) is 2. The summed E-state index contributed by atoms with van der Waals surface area (Å²) in [5.74, 6) is 1.70. The molecule has 0 N–H and O–H groups in total. The van der Waals surface area contributed by atoms with Crippen LogP contribution in [0.3, 0.4) is 0 Å². The predicted octanol–water partition coefficient (Wildman–Crippen LogP) is 11.5. The number of imidazole rings is 4. The Hall–Kier alpha value is -7.21. The van der Waals surface area contributed by atoms with Gasteiger partial charge in [0.15, 0.2) is 0 Å². The van der Waals surface area contributed by atoms with Crippen LogP contribution in [0.2, 0.25) is 0 Å². The Kier molecular flexibility index (Phi) is 7.05. The van der Waals surface area contributed by atoms with Crippen LogP contribution >= 0.6 is 0 Å². The van der Waals surface area contributed by atoms with E-state index in [4.69, 9.17) is 9.97 Å². The Morgan fingerprint density at radius 2 is 0.828 bits per heavy atom. The van der Waals surface area contributed by atoms with Crippen molar-refractivity contribution < 1.29 is 21.1 Å². The molecule has 0 saturated heterocycles. The van der Waals surface area contributed by atoms with E-state index in [9.17, 15) is 0 Å². The summed E-state index contributed by atoms with van der Waals surface area (Å²) in [6.07, 6.45) is 0. The second-order valence-corrected chi connectivity index (χ2v) is 14.6. The van der Waals surface area contributed by atoms with Gasteiger partial charge in [-0.1, -0.05) is 120 Å². The molecule has 0 radical (unpaired) electrons. The third-order valence-electron chi connectivity index (χ3n) is 11.5. The van der Waals surface area contributed by atoms with Crippen molar-refractivity contribution in [1.29, 1.82) is 0 Å². The molecule has 0 spiro atoms. The first-order chi connectivity index (χ1) is 28.3. The third-order valence-corrected chi connectivity index (χ3v) is 11.5. The summed E-state index contributed by atoms with van der Waals surface area (Å²) in [6, 6.07) is 69.7. The van der Waals surface area contributed by atoms with Crippen LogP contribution in [0.15, 0.2) is 176 Å². The molecule has 5 heterocycles. The van der Waals surface area contributed by atoms with Gasteiger partial charge < -0.3 is 13.7 Å². The molecule has 0 unspecified atom stereocenters. The fourth-order valence-electron chi connectivity index (χ4n) is 9.02. The molecule has 0 saturated carbocycles. The molecule has 0 amide bonds. The molecule has 0 aliphatic rings. The molecule has 13 rings (SSSR count). The van der Waals surface area contributed by atoms with Gasteiger partial charge in [-0.3, -0.25) is 8.80 Å². The third kappa shape index (κ3) is 4.53. The van der Waals surface area contributed by atoms with E-state index in [1.807, 2.05) is 12.1 Å². The van der Waals surface area contributed by atoms with Crippen LogP contribution in [-0.2, 0) is 21.1 Å². The molecular formula is C50H29N7Pt. The van der Waals surface area contributed by atoms with E-state index < -0.39 is 0 Å². The molecule has 0 aliphatic carbocycles. The molecule has 58 heavy (non-hydrogen) atoms. The van der Waals surface area contributed by atoms with Crippen LogP contribution in [0.25, 0.3) is 106 Å². The van der Waals surface area contributed by atoms with E-state index >= 15 is 0 Å². The maximum atomic E-state index is 5.21. The summed E-state index contributed by atoms with van der Waals surface area (Å²) in [4.78, 5) is 10.4. The second kappa shape index (κ2) is 12.4. The Bertz CT molecular complexity index is 3770. The quantitative estimate of drug-likeness (QED) is 0.165. The van der Waals surface area contributed by atoms with E-state index in [2.05, 4.69) is 198 Å². The van der Waals surface area contributed by atoms with Crippen molar-refractivity contribution in [3.63, 3.8) is 0 Å². The molecular weight excluding hydrogens is 894 g/mol. The summed E-state index contributed by atoms with van der Waals surface area (Å²) in [6.45, 7) is 0. The number of fused-ring (bicyclic) bond motifs is 13. The number of rotatable bonds is 4. The number of benzene rings is 8. The Morgan fingerprint density at radius 1 is 0.345 bits per heavy atom. The van der Waals surface area contributed by atoms with Crippen molar-refractivity contribution in [2.75, 3.05) is 0 Å². The van der Waals surface area contributed by atoms with E-state index in [0.717, 1.165) is 106 Å². The van der Waals surface area contributed by atoms with Gasteiger partial charge in [0.05, 0.1) is 44.1 Å². The standard InChI is InChI=1S/C50H29N7.Pt/c1-2-14-32(15-3-1)33-28-35(30-36(29-33)55-45-23-11-13-25-47(45)57-43-21-9-6-18-40(43)52-50(55)57)53-41-19-7-4-16-37(41)38-27-26-34(31-48(38)53)54-44-22-10-12-24-46(44)56-42-20-8-5-17-39(42)51-49(54)56;/h1-29H;/q-2;+2. The van der Waals surface area contributed by atoms with Crippen LogP contribution in [0.1, 0.15) is 0 Å². The molecule has 0 bridgehead atoms. The van der Waals surface area contributed by atoms with Crippen molar-refractivity contribution in [2.24, 2.45) is 0 Å². The van der Waals surface area contributed by atoms with Crippen LogP contribution < -0.4 is 0 Å². The fourth-order valence-corrected chi connectivity index (χ4v) is 9.02. The average Bonchev–Trinajstić information content (AvgIpc) is 4.06. The molecule has 8 aromatic carbocycles. The van der Waals surface area contributed by atoms with Crippen molar-refractivity contribution in [3.05, 3.63) is 188 Å². The zero-order valence-corrected chi connectivity index (χ0v) is 33.0. The van der Waals surface area contributed by atoms with Gasteiger partial charge in [-0.2, -0.15) is 6.07 Å². The normalized spacial score (nSPS) is 12.0. The van der Waals surface area contributed by atoms with Crippen LogP contribution in [-0.4, -0.2) is 32.5 Å². The van der Waals surface area contributed by atoms with Crippen molar-refractivity contribution >= 4 is 77.5 Å². The van der Waals surface area contributed by atoms with Gasteiger partial charge in [0.1, 0.15) is 0 Å². The first kappa shape index (κ1) is 33.0. The average molecular weight is 923 g/mol. The summed E-state index contributed by atoms with van der Waals surface area (Å²) in [5.41, 5.74) is 15.3. The summed E-state index contributed by atoms with van der Waals surface area (Å²) in [5, 5.41) is 2.27. The molecule has 5 aromatic heterocycles. The largest absolute Gasteiger partial charge is 2.00 e. The van der Waals surface area contributed by atoms with Gasteiger partial charge in [-0.25, -0.2) is 9.97 Å². The molecule has 274 valence electrons. The van der Waals surface area contributed by atoms with Gasteiger partial charge in [0.25, 0.3) is 0 Å². The molecule has 0 atom stereocenters. The first-order valence-corrected chi connectivity index (χ1v) is 19.1. The molecule has 0 fully saturated rings. The maximum Gasteiger partial charge on any atom is 2.00 e. The Morgan fingerprint density at radius 3 is 1.45 bits per heavy atom. The number of hydrogen-bond donors (Lipinski definition) is 0. The Balaban J connectivity index is 0.00000366. The van der Waals surface area contributed by atoms with Gasteiger partial charge >= 0.3 is 21.1 Å². The minimum Gasteiger partial charge on any atom is -0.358 e. The second-order valence-electron chi connectivity index (χ2n) is 14.6. The molecule has 13 aromatic rings. The summed E-state index contributed by atoms with van der Waals surface area (Å²) < 4.78 is 11.3. The molecule has 7 nitrogen and oxygen atoms in total.